The van der Waals surface area contributed by atoms with Crippen LogP contribution in [-0.4, -0.2) is 26.0 Å². The number of aromatic nitrogens is 3. The summed E-state index contributed by atoms with van der Waals surface area (Å²) in [5.74, 6) is 6.93. The summed E-state index contributed by atoms with van der Waals surface area (Å²) in [5.41, 5.74) is 2.77. The number of benzene rings is 2. The Labute approximate surface area is 177 Å². The second-order valence-electron chi connectivity index (χ2n) is 6.65. The maximum atomic E-state index is 12.7. The summed E-state index contributed by atoms with van der Waals surface area (Å²) in [6, 6.07) is 15.5. The predicted molar refractivity (Wildman–Crippen MR) is 118 cm³/mol. The lowest BCUT2D eigenvalue weighted by Crippen LogP contribution is -2.24. The molecule has 6 nitrogen and oxygen atoms in total. The molecular formula is C20H22BrN5OS. The number of hydrogen-bond donors (Lipinski definition) is 2. The van der Waals surface area contributed by atoms with E-state index in [4.69, 9.17) is 5.84 Å². The molecule has 0 aliphatic carbocycles. The maximum Gasteiger partial charge on any atom is 0.237 e. The number of hydrogen-bond acceptors (Lipinski definition) is 5. The van der Waals surface area contributed by atoms with Crippen molar-refractivity contribution in [2.45, 2.75) is 37.1 Å². The highest BCUT2D eigenvalue weighted by Crippen LogP contribution is 2.30. The molecule has 2 aromatic carbocycles. The molecule has 0 aliphatic heterocycles. The molecule has 3 aromatic rings. The van der Waals surface area contributed by atoms with Crippen LogP contribution in [0.1, 0.15) is 32.3 Å². The third-order valence-corrected chi connectivity index (χ3v) is 6.02. The molecule has 0 bridgehead atoms. The lowest BCUT2D eigenvalue weighted by molar-refractivity contribution is -0.115. The molecule has 0 saturated carbocycles. The lowest BCUT2D eigenvalue weighted by Gasteiger charge is -2.16. The average molecular weight is 460 g/mol. The Kier molecular flexibility index (Phi) is 6.41. The van der Waals surface area contributed by atoms with Crippen LogP contribution in [0.4, 0.5) is 5.69 Å². The summed E-state index contributed by atoms with van der Waals surface area (Å²) in [5, 5.41) is 11.4. The fourth-order valence-corrected chi connectivity index (χ4v) is 3.98. The lowest BCUT2D eigenvalue weighted by atomic mass is 10.0. The van der Waals surface area contributed by atoms with Crippen LogP contribution in [0.15, 0.2) is 58.2 Å². The van der Waals surface area contributed by atoms with Gasteiger partial charge in [0.2, 0.25) is 11.1 Å². The second-order valence-corrected chi connectivity index (χ2v) is 8.81. The van der Waals surface area contributed by atoms with Gasteiger partial charge in [-0.15, -0.1) is 10.2 Å². The van der Waals surface area contributed by atoms with Gasteiger partial charge in [-0.05, 0) is 36.6 Å². The van der Waals surface area contributed by atoms with E-state index in [1.54, 1.807) is 0 Å². The van der Waals surface area contributed by atoms with Crippen LogP contribution in [0, 0.1) is 0 Å². The van der Waals surface area contributed by atoms with Crippen LogP contribution in [0.5, 0.6) is 0 Å². The third-order valence-electron chi connectivity index (χ3n) is 4.27. The zero-order valence-corrected chi connectivity index (χ0v) is 18.3. The monoisotopic (exact) mass is 459 g/mol. The number of rotatable bonds is 6. The van der Waals surface area contributed by atoms with Crippen molar-refractivity contribution in [2.24, 2.45) is 0 Å². The van der Waals surface area contributed by atoms with Crippen molar-refractivity contribution >= 4 is 39.3 Å². The molecule has 1 aromatic heterocycles. The van der Waals surface area contributed by atoms with Crippen LogP contribution >= 0.6 is 27.7 Å². The predicted octanol–water partition coefficient (Wildman–Crippen LogP) is 4.66. The molecule has 1 amide bonds. The molecule has 8 heteroatoms. The van der Waals surface area contributed by atoms with Crippen molar-refractivity contribution in [3.63, 3.8) is 0 Å². The number of anilines is 1. The fraction of sp³-hybridized carbons (Fsp3) is 0.250. The van der Waals surface area contributed by atoms with Crippen molar-refractivity contribution < 1.29 is 4.79 Å². The summed E-state index contributed by atoms with van der Waals surface area (Å²) in [7, 11) is 0. The van der Waals surface area contributed by atoms with Crippen molar-refractivity contribution in [3.8, 4) is 11.4 Å². The Morgan fingerprint density at radius 1 is 1.11 bits per heavy atom. The van der Waals surface area contributed by atoms with Crippen molar-refractivity contribution in [1.82, 2.24) is 14.9 Å². The molecule has 0 radical (unpaired) electrons. The Morgan fingerprint density at radius 3 is 2.50 bits per heavy atom. The number of halogens is 1. The standard InChI is InChI=1S/C20H22BrN5OS/c1-12(2)14-8-5-7-11-17(14)23-19(27)13(3)28-20-25-24-18(26(20)22)15-9-4-6-10-16(15)21/h4-13H,22H2,1-3H3,(H,23,27). The first-order valence-corrected chi connectivity index (χ1v) is 10.6. The number of nitrogens with zero attached hydrogens (tertiary/aromatic N) is 3. The molecular weight excluding hydrogens is 438 g/mol. The molecule has 1 atom stereocenters. The van der Waals surface area contributed by atoms with Gasteiger partial charge >= 0.3 is 0 Å². The van der Waals surface area contributed by atoms with E-state index in [0.29, 0.717) is 16.9 Å². The third kappa shape index (κ3) is 4.39. The van der Waals surface area contributed by atoms with Gasteiger partial charge in [-0.25, -0.2) is 4.68 Å². The molecule has 0 spiro atoms. The first-order chi connectivity index (χ1) is 13.4. The van der Waals surface area contributed by atoms with E-state index >= 15 is 0 Å². The van der Waals surface area contributed by atoms with Gasteiger partial charge in [-0.3, -0.25) is 4.79 Å². The van der Waals surface area contributed by atoms with Gasteiger partial charge in [0, 0.05) is 15.7 Å². The molecule has 0 aliphatic rings. The van der Waals surface area contributed by atoms with Gasteiger partial charge in [0.15, 0.2) is 5.82 Å². The van der Waals surface area contributed by atoms with Crippen LogP contribution in [0.25, 0.3) is 11.4 Å². The SMILES string of the molecule is CC(Sc1nnc(-c2ccccc2Br)n1N)C(=O)Nc1ccccc1C(C)C. The van der Waals surface area contributed by atoms with E-state index < -0.39 is 5.25 Å². The van der Waals surface area contributed by atoms with Crippen LogP contribution in [0.3, 0.4) is 0 Å². The summed E-state index contributed by atoms with van der Waals surface area (Å²) in [6.45, 7) is 6.03. The van der Waals surface area contributed by atoms with E-state index in [9.17, 15) is 4.79 Å². The van der Waals surface area contributed by atoms with E-state index in [-0.39, 0.29) is 5.91 Å². The number of nitrogens with two attached hydrogens (primary N) is 1. The number of para-hydroxylation sites is 1. The van der Waals surface area contributed by atoms with Gasteiger partial charge in [-0.2, -0.15) is 0 Å². The summed E-state index contributed by atoms with van der Waals surface area (Å²) >= 11 is 4.77. The average Bonchev–Trinajstić information content (AvgIpc) is 3.02. The molecule has 0 saturated heterocycles. The molecule has 1 heterocycles. The second kappa shape index (κ2) is 8.79. The van der Waals surface area contributed by atoms with E-state index in [1.807, 2.05) is 55.5 Å². The van der Waals surface area contributed by atoms with Gasteiger partial charge in [0.25, 0.3) is 0 Å². The Balaban J connectivity index is 1.74. The molecule has 146 valence electrons. The van der Waals surface area contributed by atoms with E-state index in [2.05, 4.69) is 45.3 Å². The van der Waals surface area contributed by atoms with Gasteiger partial charge < -0.3 is 11.2 Å². The summed E-state index contributed by atoms with van der Waals surface area (Å²) in [4.78, 5) is 12.7. The number of carbonyl (C=O) groups excluding carboxylic acids is 1. The Bertz CT molecular complexity index is 988. The van der Waals surface area contributed by atoms with Crippen LogP contribution < -0.4 is 11.2 Å². The minimum absolute atomic E-state index is 0.108. The molecule has 3 N–H and O–H groups in total. The molecule has 3 rings (SSSR count). The Hall–Kier alpha value is -2.32. The van der Waals surface area contributed by atoms with Gasteiger partial charge in [0.05, 0.1) is 5.25 Å². The van der Waals surface area contributed by atoms with Crippen molar-refractivity contribution in [3.05, 3.63) is 58.6 Å². The first kappa shape index (κ1) is 20.4. The maximum absolute atomic E-state index is 12.7. The summed E-state index contributed by atoms with van der Waals surface area (Å²) < 4.78 is 2.29. The largest absolute Gasteiger partial charge is 0.335 e. The van der Waals surface area contributed by atoms with Crippen molar-refractivity contribution in [1.29, 1.82) is 0 Å². The zero-order valence-electron chi connectivity index (χ0n) is 15.9. The normalized spacial score (nSPS) is 12.2. The molecule has 1 unspecified atom stereocenters. The minimum Gasteiger partial charge on any atom is -0.335 e. The number of nitrogens with one attached hydrogen (secondary N) is 1. The molecule has 0 fully saturated rings. The highest BCUT2D eigenvalue weighted by Gasteiger charge is 2.21. The van der Waals surface area contributed by atoms with Crippen LogP contribution in [0.2, 0.25) is 0 Å². The number of thioether (sulfide) groups is 1. The number of nitrogen functional groups attached to an aromatic ring is 1. The number of carbonyl (C=O) groups is 1. The van der Waals surface area contributed by atoms with Gasteiger partial charge in [-0.1, -0.05) is 71.9 Å². The first-order valence-electron chi connectivity index (χ1n) is 8.90. The minimum atomic E-state index is -0.390. The highest BCUT2D eigenvalue weighted by molar-refractivity contribution is 9.10. The summed E-state index contributed by atoms with van der Waals surface area (Å²) in [6.07, 6.45) is 0. The topological polar surface area (TPSA) is 85.8 Å². The van der Waals surface area contributed by atoms with E-state index in [0.717, 1.165) is 21.3 Å². The molecule has 28 heavy (non-hydrogen) atoms. The highest BCUT2D eigenvalue weighted by atomic mass is 79.9. The van der Waals surface area contributed by atoms with Gasteiger partial charge in [0.1, 0.15) is 0 Å². The smallest absolute Gasteiger partial charge is 0.237 e. The number of amides is 1. The zero-order chi connectivity index (χ0) is 20.3. The fourth-order valence-electron chi connectivity index (χ4n) is 2.74. The van der Waals surface area contributed by atoms with Crippen molar-refractivity contribution in [2.75, 3.05) is 11.2 Å². The van der Waals surface area contributed by atoms with E-state index in [1.165, 1.54) is 16.4 Å². The Morgan fingerprint density at radius 2 is 1.79 bits per heavy atom. The van der Waals surface area contributed by atoms with Crippen LogP contribution in [-0.2, 0) is 4.79 Å². The quantitative estimate of drug-likeness (QED) is 0.413.